The van der Waals surface area contributed by atoms with Crippen molar-refractivity contribution in [1.29, 1.82) is 0 Å². The molecular weight excluding hydrogens is 232 g/mol. The van der Waals surface area contributed by atoms with E-state index in [4.69, 9.17) is 5.73 Å². The van der Waals surface area contributed by atoms with Gasteiger partial charge in [-0.2, -0.15) is 0 Å². The van der Waals surface area contributed by atoms with Crippen LogP contribution in [0.4, 0.5) is 0 Å². The van der Waals surface area contributed by atoms with Crippen LogP contribution < -0.4 is 5.73 Å². The summed E-state index contributed by atoms with van der Waals surface area (Å²) in [5, 5.41) is 0. The monoisotopic (exact) mass is 266 g/mol. The summed E-state index contributed by atoms with van der Waals surface area (Å²) in [4.78, 5) is 2.81. The van der Waals surface area contributed by atoms with Crippen LogP contribution in [0.2, 0.25) is 0 Å². The van der Waals surface area contributed by atoms with Gasteiger partial charge in [0.15, 0.2) is 0 Å². The lowest BCUT2D eigenvalue weighted by Crippen LogP contribution is -2.43. The summed E-state index contributed by atoms with van der Waals surface area (Å²) in [7, 11) is 0. The van der Waals surface area contributed by atoms with Crippen molar-refractivity contribution in [2.24, 2.45) is 23.5 Å². The Morgan fingerprint density at radius 2 is 1.89 bits per heavy atom. The van der Waals surface area contributed by atoms with Gasteiger partial charge in [-0.25, -0.2) is 0 Å². The summed E-state index contributed by atoms with van der Waals surface area (Å²) >= 11 is 0. The van der Waals surface area contributed by atoms with Crippen LogP contribution >= 0.6 is 0 Å². The smallest absolute Gasteiger partial charge is 0.00954 e. The van der Waals surface area contributed by atoms with Crippen LogP contribution in [-0.2, 0) is 0 Å². The van der Waals surface area contributed by atoms with E-state index >= 15 is 0 Å². The van der Waals surface area contributed by atoms with Gasteiger partial charge in [0.05, 0.1) is 0 Å². The third-order valence-corrected chi connectivity index (χ3v) is 5.57. The molecule has 3 unspecified atom stereocenters. The number of likely N-dealkylation sites (tertiary alicyclic amines) is 1. The molecule has 0 spiro atoms. The Labute approximate surface area is 120 Å². The van der Waals surface area contributed by atoms with E-state index in [9.17, 15) is 0 Å². The second kappa shape index (κ2) is 7.64. The SMILES string of the molecule is CC(C)C1CCCC(N2CCCC(CCN)C2)CC1. The molecule has 3 atom stereocenters. The van der Waals surface area contributed by atoms with Gasteiger partial charge in [-0.1, -0.05) is 26.7 Å². The molecule has 1 saturated heterocycles. The van der Waals surface area contributed by atoms with Gasteiger partial charge in [0.25, 0.3) is 0 Å². The van der Waals surface area contributed by atoms with Crippen LogP contribution in [0.1, 0.15) is 65.2 Å². The highest BCUT2D eigenvalue weighted by molar-refractivity contribution is 4.83. The standard InChI is InChI=1S/C17H34N2/c1-14(2)16-6-3-7-17(9-8-16)19-12-4-5-15(13-19)10-11-18/h14-17H,3-13,18H2,1-2H3. The fourth-order valence-electron chi connectivity index (χ4n) is 4.24. The maximum Gasteiger partial charge on any atom is 0.00954 e. The number of hydrogen-bond donors (Lipinski definition) is 1. The lowest BCUT2D eigenvalue weighted by atomic mass is 9.88. The van der Waals surface area contributed by atoms with Crippen molar-refractivity contribution in [3.05, 3.63) is 0 Å². The van der Waals surface area contributed by atoms with Crippen LogP contribution in [0.25, 0.3) is 0 Å². The zero-order chi connectivity index (χ0) is 13.7. The lowest BCUT2D eigenvalue weighted by molar-refractivity contribution is 0.109. The molecule has 0 radical (unpaired) electrons. The van der Waals surface area contributed by atoms with Gasteiger partial charge in [0.2, 0.25) is 0 Å². The summed E-state index contributed by atoms with van der Waals surface area (Å²) in [6.07, 6.45) is 11.3. The highest BCUT2D eigenvalue weighted by atomic mass is 15.2. The molecule has 0 aromatic heterocycles. The van der Waals surface area contributed by atoms with Crippen LogP contribution in [-0.4, -0.2) is 30.6 Å². The first-order valence-electron chi connectivity index (χ1n) is 8.64. The molecular formula is C17H34N2. The van der Waals surface area contributed by atoms with Crippen LogP contribution in [0.15, 0.2) is 0 Å². The van der Waals surface area contributed by atoms with Gasteiger partial charge in [0.1, 0.15) is 0 Å². The molecule has 2 nitrogen and oxygen atoms in total. The fourth-order valence-corrected chi connectivity index (χ4v) is 4.24. The van der Waals surface area contributed by atoms with E-state index in [1.807, 2.05) is 0 Å². The number of piperidine rings is 1. The Morgan fingerprint density at radius 3 is 2.63 bits per heavy atom. The molecule has 19 heavy (non-hydrogen) atoms. The van der Waals surface area contributed by atoms with Gasteiger partial charge >= 0.3 is 0 Å². The fraction of sp³-hybridized carbons (Fsp3) is 1.00. The molecule has 1 aliphatic heterocycles. The Balaban J connectivity index is 1.83. The molecule has 0 aromatic rings. The van der Waals surface area contributed by atoms with Crippen molar-refractivity contribution in [2.75, 3.05) is 19.6 Å². The maximum atomic E-state index is 5.74. The minimum absolute atomic E-state index is 0.874. The molecule has 1 saturated carbocycles. The summed E-state index contributed by atoms with van der Waals surface area (Å²) in [5.41, 5.74) is 5.74. The third-order valence-electron chi connectivity index (χ3n) is 5.57. The second-order valence-electron chi connectivity index (χ2n) is 7.25. The maximum absolute atomic E-state index is 5.74. The number of rotatable bonds is 4. The Hall–Kier alpha value is -0.0800. The van der Waals surface area contributed by atoms with Crippen molar-refractivity contribution < 1.29 is 0 Å². The zero-order valence-corrected chi connectivity index (χ0v) is 13.1. The first kappa shape index (κ1) is 15.3. The molecule has 112 valence electrons. The van der Waals surface area contributed by atoms with Crippen LogP contribution in [0.3, 0.4) is 0 Å². The van der Waals surface area contributed by atoms with E-state index in [0.29, 0.717) is 0 Å². The normalized spacial score (nSPS) is 34.4. The van der Waals surface area contributed by atoms with E-state index in [0.717, 1.165) is 30.3 Å². The molecule has 0 amide bonds. The van der Waals surface area contributed by atoms with Gasteiger partial charge in [0, 0.05) is 12.6 Å². The molecule has 2 fully saturated rings. The van der Waals surface area contributed by atoms with Crippen molar-refractivity contribution in [3.8, 4) is 0 Å². The van der Waals surface area contributed by atoms with Gasteiger partial charge < -0.3 is 10.6 Å². The molecule has 2 rings (SSSR count). The van der Waals surface area contributed by atoms with Gasteiger partial charge in [-0.15, -0.1) is 0 Å². The molecule has 0 bridgehead atoms. The van der Waals surface area contributed by atoms with E-state index in [-0.39, 0.29) is 0 Å². The predicted molar refractivity (Wildman–Crippen MR) is 83.2 cm³/mol. The minimum Gasteiger partial charge on any atom is -0.330 e. The first-order valence-corrected chi connectivity index (χ1v) is 8.64. The van der Waals surface area contributed by atoms with Crippen molar-refractivity contribution in [1.82, 2.24) is 4.90 Å². The van der Waals surface area contributed by atoms with Crippen LogP contribution in [0, 0.1) is 17.8 Å². The molecule has 1 heterocycles. The van der Waals surface area contributed by atoms with E-state index in [2.05, 4.69) is 18.7 Å². The van der Waals surface area contributed by atoms with E-state index in [1.54, 1.807) is 0 Å². The molecule has 0 aromatic carbocycles. The van der Waals surface area contributed by atoms with Crippen molar-refractivity contribution in [2.45, 2.75) is 71.3 Å². The molecule has 2 N–H and O–H groups in total. The lowest BCUT2D eigenvalue weighted by Gasteiger charge is -2.38. The highest BCUT2D eigenvalue weighted by Crippen LogP contribution is 2.32. The third kappa shape index (κ3) is 4.46. The van der Waals surface area contributed by atoms with Gasteiger partial charge in [-0.3, -0.25) is 0 Å². The molecule has 2 heteroatoms. The Kier molecular flexibility index (Phi) is 6.15. The first-order chi connectivity index (χ1) is 9.20. The quantitative estimate of drug-likeness (QED) is 0.787. The topological polar surface area (TPSA) is 29.3 Å². The second-order valence-corrected chi connectivity index (χ2v) is 7.25. The van der Waals surface area contributed by atoms with E-state index < -0.39 is 0 Å². The summed E-state index contributed by atoms with van der Waals surface area (Å²) < 4.78 is 0. The summed E-state index contributed by atoms with van der Waals surface area (Å²) in [6, 6.07) is 0.879. The predicted octanol–water partition coefficient (Wildman–Crippen LogP) is 3.65. The van der Waals surface area contributed by atoms with Crippen molar-refractivity contribution in [3.63, 3.8) is 0 Å². The van der Waals surface area contributed by atoms with Gasteiger partial charge in [-0.05, 0) is 69.4 Å². The largest absolute Gasteiger partial charge is 0.330 e. The van der Waals surface area contributed by atoms with E-state index in [1.165, 1.54) is 64.5 Å². The molecule has 1 aliphatic carbocycles. The Bertz CT molecular complexity index is 250. The average molecular weight is 266 g/mol. The van der Waals surface area contributed by atoms with Crippen molar-refractivity contribution >= 4 is 0 Å². The summed E-state index contributed by atoms with van der Waals surface area (Å²) in [6.45, 7) is 8.36. The number of nitrogens with two attached hydrogens (primary N) is 1. The molecule has 2 aliphatic rings. The highest BCUT2D eigenvalue weighted by Gasteiger charge is 2.28. The number of hydrogen-bond acceptors (Lipinski definition) is 2. The van der Waals surface area contributed by atoms with Crippen LogP contribution in [0.5, 0.6) is 0 Å². The summed E-state index contributed by atoms with van der Waals surface area (Å²) in [5.74, 6) is 2.74. The number of nitrogens with zero attached hydrogens (tertiary/aromatic N) is 1. The Morgan fingerprint density at radius 1 is 1.05 bits per heavy atom. The average Bonchev–Trinajstić information content (AvgIpc) is 2.65. The zero-order valence-electron chi connectivity index (χ0n) is 13.1. The minimum atomic E-state index is 0.874.